The van der Waals surface area contributed by atoms with Crippen molar-refractivity contribution in [1.82, 2.24) is 14.7 Å². The fourth-order valence-electron chi connectivity index (χ4n) is 1.79. The normalized spacial score (nSPS) is 10.3. The molecule has 0 aliphatic rings. The number of hydrogen-bond donors (Lipinski definition) is 3. The van der Waals surface area contributed by atoms with Crippen LogP contribution in [0, 0.1) is 12.3 Å². The number of ether oxygens (including phenoxy) is 2. The van der Waals surface area contributed by atoms with Gasteiger partial charge < -0.3 is 9.47 Å². The molecule has 1 aromatic carbocycles. The molecule has 3 N–H and O–H groups in total. The molecule has 0 bridgehead atoms. The molecule has 1 heterocycles. The van der Waals surface area contributed by atoms with Gasteiger partial charge in [-0.25, -0.2) is 9.52 Å². The van der Waals surface area contributed by atoms with Crippen molar-refractivity contribution in [3.8, 4) is 24.1 Å². The van der Waals surface area contributed by atoms with Crippen molar-refractivity contribution in [3.05, 3.63) is 35.9 Å². The zero-order valence-corrected chi connectivity index (χ0v) is 14.6. The van der Waals surface area contributed by atoms with Gasteiger partial charge in [-0.2, -0.15) is 18.4 Å². The molecule has 26 heavy (non-hydrogen) atoms. The van der Waals surface area contributed by atoms with Crippen molar-refractivity contribution in [2.75, 3.05) is 24.3 Å². The first kappa shape index (κ1) is 18.8. The van der Waals surface area contributed by atoms with Crippen molar-refractivity contribution < 1.29 is 22.7 Å². The van der Waals surface area contributed by atoms with Gasteiger partial charge in [0.2, 0.25) is 17.7 Å². The molecule has 0 aliphatic carbocycles. The second kappa shape index (κ2) is 8.04. The van der Waals surface area contributed by atoms with E-state index in [0.717, 1.165) is 0 Å². The molecule has 2 rings (SSSR count). The summed E-state index contributed by atoms with van der Waals surface area (Å²) >= 11 is 0. The van der Waals surface area contributed by atoms with Crippen LogP contribution in [0.5, 0.6) is 11.8 Å². The Balaban J connectivity index is 2.10. The Hall–Kier alpha value is -3.52. The Morgan fingerprint density at radius 3 is 2.35 bits per heavy atom. The average molecular weight is 377 g/mol. The lowest BCUT2D eigenvalue weighted by molar-refractivity contribution is 0.256. The highest BCUT2D eigenvalue weighted by atomic mass is 32.2. The topological polar surface area (TPSA) is 132 Å². The van der Waals surface area contributed by atoms with Crippen LogP contribution in [-0.4, -0.2) is 38.6 Å². The van der Waals surface area contributed by atoms with Gasteiger partial charge in [0.25, 0.3) is 0 Å². The molecule has 11 heteroatoms. The number of carbonyl (C=O) groups is 1. The fourth-order valence-corrected chi connectivity index (χ4v) is 2.60. The lowest BCUT2D eigenvalue weighted by Crippen LogP contribution is -2.38. The number of para-hydroxylation sites is 1. The van der Waals surface area contributed by atoms with Crippen LogP contribution < -0.4 is 24.2 Å². The zero-order valence-electron chi connectivity index (χ0n) is 13.8. The minimum atomic E-state index is -4.24. The summed E-state index contributed by atoms with van der Waals surface area (Å²) in [6.07, 6.45) is 5.30. The van der Waals surface area contributed by atoms with Crippen molar-refractivity contribution in [2.45, 2.75) is 0 Å². The van der Waals surface area contributed by atoms with Gasteiger partial charge in [0.15, 0.2) is 0 Å². The van der Waals surface area contributed by atoms with Crippen LogP contribution in [0.2, 0.25) is 0 Å². The maximum Gasteiger partial charge on any atom is 0.336 e. The lowest BCUT2D eigenvalue weighted by atomic mass is 10.2. The molecule has 2 aromatic rings. The largest absolute Gasteiger partial charge is 0.481 e. The summed E-state index contributed by atoms with van der Waals surface area (Å²) in [7, 11) is -1.52. The molecule has 1 aromatic heterocycles. The predicted molar refractivity (Wildman–Crippen MR) is 94.2 cm³/mol. The third-order valence-corrected chi connectivity index (χ3v) is 3.82. The fraction of sp³-hybridized carbons (Fsp3) is 0.133. The van der Waals surface area contributed by atoms with E-state index in [4.69, 9.17) is 15.9 Å². The van der Waals surface area contributed by atoms with Gasteiger partial charge in [-0.3, -0.25) is 10.0 Å². The smallest absolute Gasteiger partial charge is 0.336 e. The minimum Gasteiger partial charge on any atom is -0.481 e. The van der Waals surface area contributed by atoms with Crippen LogP contribution in [0.4, 0.5) is 16.4 Å². The molecule has 0 saturated heterocycles. The van der Waals surface area contributed by atoms with Crippen molar-refractivity contribution in [1.29, 1.82) is 0 Å². The first-order valence-corrected chi connectivity index (χ1v) is 8.49. The van der Waals surface area contributed by atoms with Crippen LogP contribution in [0.15, 0.2) is 30.3 Å². The number of amides is 2. The monoisotopic (exact) mass is 377 g/mol. The quantitative estimate of drug-likeness (QED) is 0.639. The number of aromatic nitrogens is 2. The summed E-state index contributed by atoms with van der Waals surface area (Å²) in [6, 6.07) is 6.55. The van der Waals surface area contributed by atoms with Crippen molar-refractivity contribution in [3.63, 3.8) is 0 Å². The third kappa shape index (κ3) is 4.99. The van der Waals surface area contributed by atoms with Gasteiger partial charge in [-0.05, 0) is 12.1 Å². The van der Waals surface area contributed by atoms with E-state index in [-0.39, 0.29) is 23.4 Å². The summed E-state index contributed by atoms with van der Waals surface area (Å²) in [5.41, 5.74) is 0.466. The first-order valence-electron chi connectivity index (χ1n) is 7.01. The molecule has 0 radical (unpaired) electrons. The Bertz CT molecular complexity index is 933. The number of nitrogens with one attached hydrogen (secondary N) is 3. The average Bonchev–Trinajstić information content (AvgIpc) is 2.60. The number of methoxy groups -OCH3 is 2. The zero-order chi connectivity index (χ0) is 19.2. The molecule has 136 valence electrons. The summed E-state index contributed by atoms with van der Waals surface area (Å²) in [5, 5.41) is 2.17. The van der Waals surface area contributed by atoms with Gasteiger partial charge in [-0.1, -0.05) is 18.1 Å². The highest BCUT2D eigenvalue weighted by Crippen LogP contribution is 2.17. The summed E-state index contributed by atoms with van der Waals surface area (Å²) in [6.45, 7) is 0. The number of rotatable bonds is 6. The van der Waals surface area contributed by atoms with Gasteiger partial charge in [0.05, 0.1) is 26.0 Å². The summed E-state index contributed by atoms with van der Waals surface area (Å²) < 4.78 is 37.9. The number of nitrogens with zero attached hydrogens (tertiary/aromatic N) is 2. The molecule has 2 amide bonds. The summed E-state index contributed by atoms with van der Waals surface area (Å²) in [4.78, 5) is 19.6. The second-order valence-corrected chi connectivity index (χ2v) is 6.04. The molecule has 0 fully saturated rings. The first-order chi connectivity index (χ1) is 12.4. The highest BCUT2D eigenvalue weighted by molar-refractivity contribution is 7.91. The number of anilines is 2. The predicted octanol–water partition coefficient (Wildman–Crippen LogP) is 0.954. The molecule has 0 atom stereocenters. The van der Waals surface area contributed by atoms with Crippen LogP contribution in [0.3, 0.4) is 0 Å². The molecular formula is C15H15N5O5S. The Morgan fingerprint density at radius 2 is 1.77 bits per heavy atom. The number of hydrogen-bond acceptors (Lipinski definition) is 7. The van der Waals surface area contributed by atoms with E-state index < -0.39 is 16.2 Å². The van der Waals surface area contributed by atoms with E-state index in [2.05, 4.69) is 25.9 Å². The van der Waals surface area contributed by atoms with Gasteiger partial charge in [0, 0.05) is 5.56 Å². The van der Waals surface area contributed by atoms with E-state index >= 15 is 0 Å². The maximum absolute atomic E-state index is 12.1. The van der Waals surface area contributed by atoms with E-state index in [1.807, 2.05) is 0 Å². The minimum absolute atomic E-state index is 0.121. The molecular weight excluding hydrogens is 362 g/mol. The maximum atomic E-state index is 12.1. The number of terminal acetylenes is 1. The molecule has 10 nitrogen and oxygen atoms in total. The van der Waals surface area contributed by atoms with E-state index in [1.54, 1.807) is 22.9 Å². The van der Waals surface area contributed by atoms with Crippen LogP contribution >= 0.6 is 0 Å². The van der Waals surface area contributed by atoms with Crippen molar-refractivity contribution >= 4 is 27.9 Å². The van der Waals surface area contributed by atoms with E-state index in [1.165, 1.54) is 26.4 Å². The lowest BCUT2D eigenvalue weighted by Gasteiger charge is -2.11. The Labute approximate surface area is 150 Å². The summed E-state index contributed by atoms with van der Waals surface area (Å²) in [5.74, 6) is 2.37. The number of benzene rings is 1. The SMILES string of the molecule is C#Cc1ccccc1NS(=O)(=O)NC(=O)Nc1nc(OC)cc(OC)n1. The van der Waals surface area contributed by atoms with Gasteiger partial charge in [0.1, 0.15) is 0 Å². The second-order valence-electron chi connectivity index (χ2n) is 4.63. The molecule has 0 spiro atoms. The Kier molecular flexibility index (Phi) is 5.82. The Morgan fingerprint density at radius 1 is 1.15 bits per heavy atom. The molecule has 0 saturated carbocycles. The van der Waals surface area contributed by atoms with Crippen LogP contribution in [-0.2, 0) is 10.2 Å². The van der Waals surface area contributed by atoms with Gasteiger partial charge in [-0.15, -0.1) is 6.42 Å². The standard InChI is InChI=1S/C15H15N5O5S/c1-4-10-7-5-6-8-11(10)19-26(22,23)20-15(21)18-14-16-12(24-2)9-13(17-14)25-3/h1,5-9,19H,2-3H3,(H2,16,17,18,20,21). The van der Waals surface area contributed by atoms with Crippen LogP contribution in [0.25, 0.3) is 0 Å². The molecule has 0 unspecified atom stereocenters. The third-order valence-electron chi connectivity index (χ3n) is 2.88. The highest BCUT2D eigenvalue weighted by Gasteiger charge is 2.17. The number of urea groups is 1. The van der Waals surface area contributed by atoms with Gasteiger partial charge >= 0.3 is 16.2 Å². The van der Waals surface area contributed by atoms with Crippen LogP contribution in [0.1, 0.15) is 5.56 Å². The van der Waals surface area contributed by atoms with Crippen molar-refractivity contribution in [2.24, 2.45) is 0 Å². The van der Waals surface area contributed by atoms with E-state index in [0.29, 0.717) is 5.56 Å². The molecule has 0 aliphatic heterocycles. The number of carbonyl (C=O) groups excluding carboxylic acids is 1. The van der Waals surface area contributed by atoms with E-state index in [9.17, 15) is 13.2 Å².